The molecule has 1 saturated heterocycles. The number of anilines is 2. The predicted octanol–water partition coefficient (Wildman–Crippen LogP) is 2.46. The minimum atomic E-state index is -0.505. The van der Waals surface area contributed by atoms with Gasteiger partial charge in [-0.2, -0.15) is 5.10 Å². The van der Waals surface area contributed by atoms with E-state index in [1.165, 1.54) is 9.69 Å². The van der Waals surface area contributed by atoms with Gasteiger partial charge in [0, 0.05) is 30.3 Å². The minimum Gasteiger partial charge on any atom is -0.461 e. The van der Waals surface area contributed by atoms with Crippen LogP contribution in [0.2, 0.25) is 0 Å². The average molecular weight is 447 g/mol. The second-order valence-electron chi connectivity index (χ2n) is 7.18. The summed E-state index contributed by atoms with van der Waals surface area (Å²) >= 11 is 0. The van der Waals surface area contributed by atoms with Crippen LogP contribution in [0.4, 0.5) is 11.4 Å². The first-order valence-electron chi connectivity index (χ1n) is 10.3. The van der Waals surface area contributed by atoms with Gasteiger partial charge in [-0.25, -0.2) is 14.5 Å². The maximum atomic E-state index is 12.7. The number of hydrogen-bond acceptors (Lipinski definition) is 6. The Morgan fingerprint density at radius 2 is 1.85 bits per heavy atom. The molecule has 2 heterocycles. The minimum absolute atomic E-state index is 0.141. The summed E-state index contributed by atoms with van der Waals surface area (Å²) in [5.41, 5.74) is 4.74. The third kappa shape index (κ3) is 4.90. The predicted molar refractivity (Wildman–Crippen MR) is 119 cm³/mol. The molecule has 0 bridgehead atoms. The fraction of sp³-hybridized carbons (Fsp3) is 0.174. The summed E-state index contributed by atoms with van der Waals surface area (Å²) < 4.78 is 6.46. The van der Waals surface area contributed by atoms with Crippen molar-refractivity contribution in [3.63, 3.8) is 0 Å². The average Bonchev–Trinajstić information content (AvgIpc) is 3.32. The number of hydrogen-bond donors (Lipinski definition) is 2. The summed E-state index contributed by atoms with van der Waals surface area (Å²) in [6.07, 6.45) is 1.94. The molecule has 1 fully saturated rings. The molecule has 10 heteroatoms. The molecule has 1 aromatic heterocycles. The highest BCUT2D eigenvalue weighted by Crippen LogP contribution is 2.20. The third-order valence-electron chi connectivity index (χ3n) is 4.88. The smallest absolute Gasteiger partial charge is 0.358 e. The zero-order chi connectivity index (χ0) is 23.4. The topological polar surface area (TPSA) is 123 Å². The lowest BCUT2D eigenvalue weighted by molar-refractivity contribution is -0.130. The number of rotatable bonds is 6. The van der Waals surface area contributed by atoms with E-state index in [0.29, 0.717) is 22.6 Å². The summed E-state index contributed by atoms with van der Waals surface area (Å²) in [5, 5.41) is 8.21. The number of hydrazine groups is 1. The van der Waals surface area contributed by atoms with Gasteiger partial charge in [-0.3, -0.25) is 19.8 Å². The van der Waals surface area contributed by atoms with Crippen molar-refractivity contribution in [1.82, 2.24) is 15.2 Å². The van der Waals surface area contributed by atoms with Crippen molar-refractivity contribution in [1.29, 1.82) is 0 Å². The number of nitrogens with one attached hydrogen (secondary N) is 2. The lowest BCUT2D eigenvalue weighted by atomic mass is 10.1. The molecule has 3 amide bonds. The second kappa shape index (κ2) is 9.35. The lowest BCUT2D eigenvalue weighted by Gasteiger charge is -2.27. The van der Waals surface area contributed by atoms with Crippen molar-refractivity contribution in [2.75, 3.05) is 16.9 Å². The zero-order valence-electron chi connectivity index (χ0n) is 17.8. The monoisotopic (exact) mass is 447 g/mol. The zero-order valence-corrected chi connectivity index (χ0v) is 17.8. The van der Waals surface area contributed by atoms with E-state index in [9.17, 15) is 19.2 Å². The fourth-order valence-corrected chi connectivity index (χ4v) is 3.26. The van der Waals surface area contributed by atoms with Crippen LogP contribution in [0.5, 0.6) is 0 Å². The molecule has 33 heavy (non-hydrogen) atoms. The Kier molecular flexibility index (Phi) is 6.16. The highest BCUT2D eigenvalue weighted by molar-refractivity contribution is 6.05. The maximum absolute atomic E-state index is 12.7. The van der Waals surface area contributed by atoms with Gasteiger partial charge in [-0.1, -0.05) is 6.07 Å². The molecular weight excluding hydrogens is 426 g/mol. The normalized spacial score (nSPS) is 13.4. The molecular formula is C23H21N5O5. The van der Waals surface area contributed by atoms with Crippen molar-refractivity contribution in [2.24, 2.45) is 0 Å². The molecule has 1 aliphatic rings. The Morgan fingerprint density at radius 1 is 1.06 bits per heavy atom. The van der Waals surface area contributed by atoms with Crippen LogP contribution in [0, 0.1) is 0 Å². The molecule has 3 aromatic rings. The van der Waals surface area contributed by atoms with Crippen molar-refractivity contribution >= 4 is 35.1 Å². The molecule has 4 rings (SSSR count). The van der Waals surface area contributed by atoms with Crippen molar-refractivity contribution in [3.05, 3.63) is 72.1 Å². The number of amides is 3. The lowest BCUT2D eigenvalue weighted by Crippen LogP contribution is -2.50. The third-order valence-corrected chi connectivity index (χ3v) is 4.88. The second-order valence-corrected chi connectivity index (χ2v) is 7.18. The molecule has 0 unspecified atom stereocenters. The number of esters is 1. The molecule has 0 aliphatic carbocycles. The molecule has 0 atom stereocenters. The van der Waals surface area contributed by atoms with Gasteiger partial charge in [-0.15, -0.1) is 0 Å². The van der Waals surface area contributed by atoms with E-state index in [-0.39, 0.29) is 42.9 Å². The Bertz CT molecular complexity index is 1220. The van der Waals surface area contributed by atoms with Gasteiger partial charge in [0.1, 0.15) is 0 Å². The molecule has 0 saturated carbocycles. The standard InChI is InChI=1S/C23H21N5O5/c1-2-33-23(32)19-12-13-27(25-19)18-5-3-4-16(14-18)24-22(31)15-6-8-17(9-7-15)28-21(30)11-10-20(29)26-28/h3-9,12-14H,2,10-11H2,1H3,(H,24,31)(H,26,29). The van der Waals surface area contributed by atoms with Gasteiger partial charge in [0.2, 0.25) is 11.8 Å². The van der Waals surface area contributed by atoms with Crippen LogP contribution in [-0.4, -0.2) is 40.1 Å². The van der Waals surface area contributed by atoms with Crippen molar-refractivity contribution < 1.29 is 23.9 Å². The Hall–Kier alpha value is -4.47. The summed E-state index contributed by atoms with van der Waals surface area (Å²) in [4.78, 5) is 48.1. The SMILES string of the molecule is CCOC(=O)c1ccn(-c2cccc(NC(=O)c3ccc(N4NC(=O)CCC4=O)cc3)c2)n1. The highest BCUT2D eigenvalue weighted by atomic mass is 16.5. The van der Waals surface area contributed by atoms with Crippen LogP contribution in [-0.2, 0) is 14.3 Å². The number of aromatic nitrogens is 2. The van der Waals surface area contributed by atoms with Crippen molar-refractivity contribution in [3.8, 4) is 5.69 Å². The first-order valence-corrected chi connectivity index (χ1v) is 10.3. The first kappa shape index (κ1) is 21.8. The molecule has 168 valence electrons. The summed E-state index contributed by atoms with van der Waals surface area (Å²) in [7, 11) is 0. The van der Waals surface area contributed by atoms with Gasteiger partial charge < -0.3 is 10.1 Å². The van der Waals surface area contributed by atoms with Gasteiger partial charge >= 0.3 is 5.97 Å². The van der Waals surface area contributed by atoms with E-state index in [2.05, 4.69) is 15.8 Å². The van der Waals surface area contributed by atoms with E-state index in [1.54, 1.807) is 67.7 Å². The van der Waals surface area contributed by atoms with Crippen LogP contribution in [0.15, 0.2) is 60.8 Å². The van der Waals surface area contributed by atoms with Crippen LogP contribution in [0.25, 0.3) is 5.69 Å². The van der Waals surface area contributed by atoms with Gasteiger partial charge in [-0.05, 0) is 55.5 Å². The fourth-order valence-electron chi connectivity index (χ4n) is 3.26. The first-order chi connectivity index (χ1) is 15.9. The van der Waals surface area contributed by atoms with E-state index in [0.717, 1.165) is 0 Å². The number of carbonyl (C=O) groups excluding carboxylic acids is 4. The van der Waals surface area contributed by atoms with E-state index in [1.807, 2.05) is 0 Å². The summed E-state index contributed by atoms with van der Waals surface area (Å²) in [6, 6.07) is 14.9. The number of ether oxygens (including phenoxy) is 1. The highest BCUT2D eigenvalue weighted by Gasteiger charge is 2.24. The number of nitrogens with zero attached hydrogens (tertiary/aromatic N) is 3. The molecule has 0 radical (unpaired) electrons. The van der Waals surface area contributed by atoms with Crippen LogP contribution in [0.1, 0.15) is 40.6 Å². The van der Waals surface area contributed by atoms with Gasteiger partial charge in [0.05, 0.1) is 18.0 Å². The quantitative estimate of drug-likeness (QED) is 0.560. The van der Waals surface area contributed by atoms with Crippen LogP contribution >= 0.6 is 0 Å². The molecule has 10 nitrogen and oxygen atoms in total. The van der Waals surface area contributed by atoms with Gasteiger partial charge in [0.15, 0.2) is 5.69 Å². The largest absolute Gasteiger partial charge is 0.461 e. The van der Waals surface area contributed by atoms with E-state index >= 15 is 0 Å². The molecule has 1 aliphatic heterocycles. The maximum Gasteiger partial charge on any atom is 0.358 e. The summed E-state index contributed by atoms with van der Waals surface area (Å²) in [6.45, 7) is 1.98. The number of carbonyl (C=O) groups is 4. The Labute approximate surface area is 189 Å². The van der Waals surface area contributed by atoms with E-state index < -0.39 is 5.97 Å². The Morgan fingerprint density at radius 3 is 2.61 bits per heavy atom. The van der Waals surface area contributed by atoms with Crippen molar-refractivity contribution in [2.45, 2.75) is 19.8 Å². The molecule has 0 spiro atoms. The molecule has 2 N–H and O–H groups in total. The van der Waals surface area contributed by atoms with Crippen LogP contribution in [0.3, 0.4) is 0 Å². The Balaban J connectivity index is 1.45. The van der Waals surface area contributed by atoms with E-state index in [4.69, 9.17) is 4.74 Å². The van der Waals surface area contributed by atoms with Gasteiger partial charge in [0.25, 0.3) is 5.91 Å². The molecule has 2 aromatic carbocycles. The number of benzene rings is 2. The summed E-state index contributed by atoms with van der Waals surface area (Å²) in [5.74, 6) is -1.30. The van der Waals surface area contributed by atoms with Crippen LogP contribution < -0.4 is 15.8 Å².